The molecule has 0 amide bonds. The van der Waals surface area contributed by atoms with Crippen molar-refractivity contribution in [2.45, 2.75) is 32.4 Å². The highest BCUT2D eigenvalue weighted by molar-refractivity contribution is 5.26. The van der Waals surface area contributed by atoms with Crippen molar-refractivity contribution < 1.29 is 0 Å². The molecule has 1 aromatic carbocycles. The number of nitrogens with one attached hydrogen (secondary N) is 1. The molecule has 0 saturated carbocycles. The molecule has 0 aliphatic heterocycles. The van der Waals surface area contributed by atoms with Gasteiger partial charge in [0.15, 0.2) is 0 Å². The number of hydrogen-bond acceptors (Lipinski definition) is 2. The van der Waals surface area contributed by atoms with Crippen molar-refractivity contribution in [3.05, 3.63) is 54.1 Å². The van der Waals surface area contributed by atoms with Gasteiger partial charge < -0.3 is 9.88 Å². The molecule has 1 N–H and O–H groups in total. The van der Waals surface area contributed by atoms with Gasteiger partial charge >= 0.3 is 0 Å². The number of nitrogens with zero attached hydrogens (tertiary/aromatic N) is 2. The molecule has 3 nitrogen and oxygen atoms in total. The summed E-state index contributed by atoms with van der Waals surface area (Å²) in [6.07, 6.45) is 5.66. The van der Waals surface area contributed by atoms with E-state index in [0.29, 0.717) is 12.0 Å². The lowest BCUT2D eigenvalue weighted by Gasteiger charge is -2.18. The predicted octanol–water partition coefficient (Wildman–Crippen LogP) is 2.97. The Morgan fingerprint density at radius 2 is 1.83 bits per heavy atom. The third-order valence-electron chi connectivity index (χ3n) is 3.31. The maximum Gasteiger partial charge on any atom is 0.0946 e. The number of aromatic nitrogens is 2. The van der Waals surface area contributed by atoms with Crippen LogP contribution in [0.1, 0.15) is 36.9 Å². The van der Waals surface area contributed by atoms with Crippen molar-refractivity contribution in [2.75, 3.05) is 7.05 Å². The lowest BCUT2D eigenvalue weighted by Crippen LogP contribution is -2.21. The van der Waals surface area contributed by atoms with Crippen LogP contribution in [-0.4, -0.2) is 16.6 Å². The molecular formula is C15H21N3. The first kappa shape index (κ1) is 12.8. The molecular weight excluding hydrogens is 222 g/mol. The highest BCUT2D eigenvalue weighted by Gasteiger charge is 2.10. The second-order valence-electron chi connectivity index (χ2n) is 4.92. The summed E-state index contributed by atoms with van der Waals surface area (Å²) in [7, 11) is 2.00. The Kier molecular flexibility index (Phi) is 4.15. The molecule has 2 aromatic rings. The fourth-order valence-electron chi connectivity index (χ4n) is 2.08. The zero-order valence-electron chi connectivity index (χ0n) is 11.3. The Morgan fingerprint density at radius 1 is 1.17 bits per heavy atom. The molecule has 1 heterocycles. The molecule has 96 valence electrons. The Hall–Kier alpha value is -1.61. The summed E-state index contributed by atoms with van der Waals surface area (Å²) in [5.74, 6) is 0.584. The minimum atomic E-state index is 0.320. The van der Waals surface area contributed by atoms with Crippen molar-refractivity contribution in [3.63, 3.8) is 0 Å². The Labute approximate surface area is 109 Å². The van der Waals surface area contributed by atoms with Gasteiger partial charge in [-0.15, -0.1) is 0 Å². The molecule has 0 fully saturated rings. The molecule has 1 atom stereocenters. The molecule has 2 rings (SSSR count). The Balaban J connectivity index is 2.12. The van der Waals surface area contributed by atoms with Gasteiger partial charge in [0.2, 0.25) is 0 Å². The number of benzene rings is 1. The second-order valence-corrected chi connectivity index (χ2v) is 4.92. The molecule has 0 spiro atoms. The van der Waals surface area contributed by atoms with E-state index >= 15 is 0 Å². The smallest absolute Gasteiger partial charge is 0.0946 e. The number of rotatable bonds is 5. The van der Waals surface area contributed by atoms with E-state index < -0.39 is 0 Å². The van der Waals surface area contributed by atoms with E-state index in [1.807, 2.05) is 25.8 Å². The van der Waals surface area contributed by atoms with E-state index in [0.717, 1.165) is 6.54 Å². The van der Waals surface area contributed by atoms with Crippen LogP contribution in [0, 0.1) is 0 Å². The van der Waals surface area contributed by atoms with Crippen LogP contribution in [0.2, 0.25) is 0 Å². The van der Waals surface area contributed by atoms with E-state index in [2.05, 4.69) is 53.0 Å². The molecule has 0 radical (unpaired) electrons. The van der Waals surface area contributed by atoms with Crippen molar-refractivity contribution in [2.24, 2.45) is 0 Å². The first-order valence-electron chi connectivity index (χ1n) is 6.43. The molecule has 18 heavy (non-hydrogen) atoms. The van der Waals surface area contributed by atoms with E-state index in [1.54, 1.807) is 0 Å². The number of likely N-dealkylation sites (N-methyl/N-ethyl adjacent to an activating group) is 1. The van der Waals surface area contributed by atoms with E-state index in [4.69, 9.17) is 0 Å². The van der Waals surface area contributed by atoms with Crippen molar-refractivity contribution >= 4 is 0 Å². The second kappa shape index (κ2) is 5.83. The number of imidazole rings is 1. The molecule has 3 heteroatoms. The quantitative estimate of drug-likeness (QED) is 0.875. The Bertz CT molecular complexity index is 457. The van der Waals surface area contributed by atoms with Crippen LogP contribution < -0.4 is 5.32 Å². The van der Waals surface area contributed by atoms with Crippen LogP contribution in [0.3, 0.4) is 0 Å². The van der Waals surface area contributed by atoms with Crippen LogP contribution in [0.15, 0.2) is 43.0 Å². The molecule has 0 bridgehead atoms. The summed E-state index contributed by atoms with van der Waals surface area (Å²) in [6, 6.07) is 9.19. The van der Waals surface area contributed by atoms with Crippen molar-refractivity contribution in [1.29, 1.82) is 0 Å². The van der Waals surface area contributed by atoms with E-state index in [-0.39, 0.29) is 0 Å². The fraction of sp³-hybridized carbons (Fsp3) is 0.400. The zero-order valence-corrected chi connectivity index (χ0v) is 11.3. The Morgan fingerprint density at radius 3 is 2.33 bits per heavy atom. The molecule has 1 unspecified atom stereocenters. The monoisotopic (exact) mass is 243 g/mol. The van der Waals surface area contributed by atoms with Gasteiger partial charge in [-0.2, -0.15) is 0 Å². The summed E-state index contributed by atoms with van der Waals surface area (Å²) < 4.78 is 2.09. The van der Waals surface area contributed by atoms with Gasteiger partial charge in [-0.1, -0.05) is 38.1 Å². The first-order valence-corrected chi connectivity index (χ1v) is 6.43. The molecule has 1 aromatic heterocycles. The maximum atomic E-state index is 4.08. The zero-order chi connectivity index (χ0) is 13.0. The van der Waals surface area contributed by atoms with Gasteiger partial charge in [0.05, 0.1) is 6.33 Å². The largest absolute Gasteiger partial charge is 0.336 e. The van der Waals surface area contributed by atoms with Gasteiger partial charge in [0, 0.05) is 25.0 Å². The van der Waals surface area contributed by atoms with Crippen LogP contribution in [0.25, 0.3) is 0 Å². The third-order valence-corrected chi connectivity index (χ3v) is 3.31. The topological polar surface area (TPSA) is 29.9 Å². The normalized spacial score (nSPS) is 12.9. The van der Waals surface area contributed by atoms with Crippen molar-refractivity contribution in [3.8, 4) is 0 Å². The third kappa shape index (κ3) is 2.99. The highest BCUT2D eigenvalue weighted by Crippen LogP contribution is 2.19. The summed E-state index contributed by atoms with van der Waals surface area (Å²) in [5, 5.41) is 3.36. The van der Waals surface area contributed by atoms with Crippen LogP contribution in [0.4, 0.5) is 0 Å². The standard InChI is InChI=1S/C15H21N3/c1-12(2)13-4-6-14(7-5-13)15(16-3)10-18-9-8-17-11-18/h4-9,11-12,15-16H,10H2,1-3H3. The summed E-state index contributed by atoms with van der Waals surface area (Å²) in [5.41, 5.74) is 2.70. The fourth-order valence-corrected chi connectivity index (χ4v) is 2.08. The van der Waals surface area contributed by atoms with Gasteiger partial charge in [0.25, 0.3) is 0 Å². The average molecular weight is 243 g/mol. The first-order chi connectivity index (χ1) is 8.70. The summed E-state index contributed by atoms with van der Waals surface area (Å²) >= 11 is 0. The predicted molar refractivity (Wildman–Crippen MR) is 74.6 cm³/mol. The minimum Gasteiger partial charge on any atom is -0.336 e. The van der Waals surface area contributed by atoms with Crippen LogP contribution in [-0.2, 0) is 6.54 Å². The van der Waals surface area contributed by atoms with Crippen LogP contribution >= 0.6 is 0 Å². The van der Waals surface area contributed by atoms with Crippen molar-refractivity contribution in [1.82, 2.24) is 14.9 Å². The maximum absolute atomic E-state index is 4.08. The molecule has 0 aliphatic rings. The lowest BCUT2D eigenvalue weighted by molar-refractivity contribution is 0.500. The van der Waals surface area contributed by atoms with Gasteiger partial charge in [0.1, 0.15) is 0 Å². The lowest BCUT2D eigenvalue weighted by atomic mass is 9.99. The molecule has 0 aliphatic carbocycles. The van der Waals surface area contributed by atoms with Gasteiger partial charge in [-0.3, -0.25) is 0 Å². The van der Waals surface area contributed by atoms with Gasteiger partial charge in [-0.05, 0) is 24.1 Å². The SMILES string of the molecule is CNC(Cn1ccnc1)c1ccc(C(C)C)cc1. The van der Waals surface area contributed by atoms with Gasteiger partial charge in [-0.25, -0.2) is 4.98 Å². The molecule has 0 saturated heterocycles. The highest BCUT2D eigenvalue weighted by atomic mass is 15.1. The number of hydrogen-bond donors (Lipinski definition) is 1. The average Bonchev–Trinajstić information content (AvgIpc) is 2.89. The summed E-state index contributed by atoms with van der Waals surface area (Å²) in [4.78, 5) is 4.08. The van der Waals surface area contributed by atoms with E-state index in [1.165, 1.54) is 11.1 Å². The summed E-state index contributed by atoms with van der Waals surface area (Å²) in [6.45, 7) is 5.34. The van der Waals surface area contributed by atoms with Crippen LogP contribution in [0.5, 0.6) is 0 Å². The minimum absolute atomic E-state index is 0.320. The van der Waals surface area contributed by atoms with E-state index in [9.17, 15) is 0 Å².